The molecule has 2 nitrogen and oxygen atoms in total. The smallest absolute Gasteiger partial charge is 0.165 e. The Morgan fingerprint density at radius 2 is 1.95 bits per heavy atom. The molecule has 0 aromatic heterocycles. The Hall–Kier alpha value is -1.10. The molecule has 19 heavy (non-hydrogen) atoms. The summed E-state index contributed by atoms with van der Waals surface area (Å²) in [7, 11) is 0. The van der Waals surface area contributed by atoms with Crippen LogP contribution in [0.2, 0.25) is 5.02 Å². The molecule has 1 N–H and O–H groups in total. The summed E-state index contributed by atoms with van der Waals surface area (Å²) in [5.41, 5.74) is 0.673. The minimum Gasteiger partial charge on any atom is -0.453 e. The Balaban J connectivity index is 2.31. The van der Waals surface area contributed by atoms with E-state index < -0.39 is 11.9 Å². The molecule has 1 unspecified atom stereocenters. The molecule has 2 rings (SSSR count). The van der Waals surface area contributed by atoms with E-state index >= 15 is 0 Å². The Labute approximate surface area is 123 Å². The van der Waals surface area contributed by atoms with Crippen LogP contribution in [0.4, 0.5) is 4.39 Å². The molecule has 1 atom stereocenters. The van der Waals surface area contributed by atoms with Gasteiger partial charge in [-0.3, -0.25) is 0 Å². The summed E-state index contributed by atoms with van der Waals surface area (Å²) in [5.74, 6) is -0.0528. The molecule has 0 aliphatic rings. The highest BCUT2D eigenvalue weighted by Gasteiger charge is 2.10. The van der Waals surface area contributed by atoms with E-state index in [0.29, 0.717) is 20.8 Å². The van der Waals surface area contributed by atoms with E-state index in [1.807, 2.05) is 0 Å². The molecule has 5 heteroatoms. The van der Waals surface area contributed by atoms with Crippen molar-refractivity contribution in [2.24, 2.45) is 0 Å². The van der Waals surface area contributed by atoms with E-state index in [4.69, 9.17) is 16.3 Å². The monoisotopic (exact) mass is 344 g/mol. The zero-order chi connectivity index (χ0) is 14.0. The van der Waals surface area contributed by atoms with E-state index in [0.717, 1.165) is 0 Å². The normalized spacial score (nSPS) is 12.3. The van der Waals surface area contributed by atoms with Gasteiger partial charge in [-0.15, -0.1) is 0 Å². The first-order chi connectivity index (χ1) is 8.97. The van der Waals surface area contributed by atoms with Crippen molar-refractivity contribution in [3.63, 3.8) is 0 Å². The molecule has 0 radical (unpaired) electrons. The summed E-state index contributed by atoms with van der Waals surface area (Å²) in [6, 6.07) is 9.29. The van der Waals surface area contributed by atoms with Crippen LogP contribution in [-0.4, -0.2) is 5.11 Å². The molecule has 0 fully saturated rings. The van der Waals surface area contributed by atoms with E-state index in [9.17, 15) is 9.50 Å². The SMILES string of the molecule is CC(O)c1ccc(Oc2cc(Br)ccc2F)c(Cl)c1. The van der Waals surface area contributed by atoms with Crippen LogP contribution in [0.15, 0.2) is 40.9 Å². The molecule has 0 spiro atoms. The third-order valence-electron chi connectivity index (χ3n) is 2.55. The first-order valence-electron chi connectivity index (χ1n) is 5.58. The van der Waals surface area contributed by atoms with E-state index in [1.54, 1.807) is 31.2 Å². The topological polar surface area (TPSA) is 29.5 Å². The number of aliphatic hydroxyl groups is 1. The number of hydrogen-bond donors (Lipinski definition) is 1. The highest BCUT2D eigenvalue weighted by Crippen LogP contribution is 2.33. The van der Waals surface area contributed by atoms with Gasteiger partial charge >= 0.3 is 0 Å². The molecule has 100 valence electrons. The molecule has 0 amide bonds. The highest BCUT2D eigenvalue weighted by molar-refractivity contribution is 9.10. The van der Waals surface area contributed by atoms with Gasteiger partial charge in [0.1, 0.15) is 5.75 Å². The first kappa shape index (κ1) is 14.3. The van der Waals surface area contributed by atoms with Crippen LogP contribution >= 0.6 is 27.5 Å². The zero-order valence-corrected chi connectivity index (χ0v) is 12.4. The van der Waals surface area contributed by atoms with Gasteiger partial charge < -0.3 is 9.84 Å². The van der Waals surface area contributed by atoms with Gasteiger partial charge in [0.2, 0.25) is 0 Å². The van der Waals surface area contributed by atoms with Gasteiger partial charge in [-0.25, -0.2) is 4.39 Å². The minimum absolute atomic E-state index is 0.0843. The third kappa shape index (κ3) is 3.47. The first-order valence-corrected chi connectivity index (χ1v) is 6.75. The van der Waals surface area contributed by atoms with Gasteiger partial charge in [-0.05, 0) is 42.8 Å². The van der Waals surface area contributed by atoms with Crippen LogP contribution in [0, 0.1) is 5.82 Å². The van der Waals surface area contributed by atoms with Crippen LogP contribution < -0.4 is 4.74 Å². The molecule has 0 bridgehead atoms. The van der Waals surface area contributed by atoms with Gasteiger partial charge in [0.05, 0.1) is 11.1 Å². The molecule has 0 aliphatic carbocycles. The van der Waals surface area contributed by atoms with Crippen LogP contribution in [0.25, 0.3) is 0 Å². The van der Waals surface area contributed by atoms with E-state index in [-0.39, 0.29) is 5.75 Å². The van der Waals surface area contributed by atoms with Crippen LogP contribution in [0.5, 0.6) is 11.5 Å². The van der Waals surface area contributed by atoms with Crippen LogP contribution in [-0.2, 0) is 0 Å². The summed E-state index contributed by atoms with van der Waals surface area (Å²) >= 11 is 9.29. The standard InChI is InChI=1S/C14H11BrClFO2/c1-8(18)9-2-5-13(11(16)6-9)19-14-7-10(15)3-4-12(14)17/h2-8,18H,1H3. The lowest BCUT2D eigenvalue weighted by atomic mass is 10.1. The molecule has 2 aromatic rings. The van der Waals surface area contributed by atoms with Crippen LogP contribution in [0.3, 0.4) is 0 Å². The summed E-state index contributed by atoms with van der Waals surface area (Å²) in [6.07, 6.45) is -0.617. The predicted molar refractivity (Wildman–Crippen MR) is 76.3 cm³/mol. The fraction of sp³-hybridized carbons (Fsp3) is 0.143. The van der Waals surface area contributed by atoms with Crippen molar-refractivity contribution in [2.75, 3.05) is 0 Å². The Morgan fingerprint density at radius 1 is 1.21 bits per heavy atom. The van der Waals surface area contributed by atoms with Crippen molar-refractivity contribution in [3.05, 3.63) is 57.3 Å². The number of benzene rings is 2. The Bertz CT molecular complexity index is 602. The minimum atomic E-state index is -0.617. The average Bonchev–Trinajstić information content (AvgIpc) is 2.36. The second-order valence-electron chi connectivity index (χ2n) is 4.04. The molecule has 0 saturated carbocycles. The second kappa shape index (κ2) is 5.90. The molecular weight excluding hydrogens is 335 g/mol. The van der Waals surface area contributed by atoms with Crippen molar-refractivity contribution in [2.45, 2.75) is 13.0 Å². The molecular formula is C14H11BrClFO2. The summed E-state index contributed by atoms with van der Waals surface area (Å²) in [5, 5.41) is 9.76. The van der Waals surface area contributed by atoms with Crippen molar-refractivity contribution < 1.29 is 14.2 Å². The van der Waals surface area contributed by atoms with Gasteiger partial charge in [-0.2, -0.15) is 0 Å². The number of hydrogen-bond acceptors (Lipinski definition) is 2. The van der Waals surface area contributed by atoms with Gasteiger partial charge in [-0.1, -0.05) is 33.6 Å². The highest BCUT2D eigenvalue weighted by atomic mass is 79.9. The number of rotatable bonds is 3. The Kier molecular flexibility index (Phi) is 4.45. The molecule has 2 aromatic carbocycles. The maximum Gasteiger partial charge on any atom is 0.165 e. The maximum atomic E-state index is 13.6. The number of halogens is 3. The van der Waals surface area contributed by atoms with Crippen LogP contribution in [0.1, 0.15) is 18.6 Å². The summed E-state index contributed by atoms with van der Waals surface area (Å²) in [6.45, 7) is 1.64. The van der Waals surface area contributed by atoms with Gasteiger partial charge in [0.15, 0.2) is 11.6 Å². The lowest BCUT2D eigenvalue weighted by Gasteiger charge is -2.11. The lowest BCUT2D eigenvalue weighted by Crippen LogP contribution is -1.93. The number of aliphatic hydroxyl groups excluding tert-OH is 1. The van der Waals surface area contributed by atoms with Crippen molar-refractivity contribution in [1.29, 1.82) is 0 Å². The average molecular weight is 346 g/mol. The van der Waals surface area contributed by atoms with Gasteiger partial charge in [0, 0.05) is 4.47 Å². The molecule has 0 aliphatic heterocycles. The fourth-order valence-electron chi connectivity index (χ4n) is 1.53. The quantitative estimate of drug-likeness (QED) is 0.840. The molecule has 0 saturated heterocycles. The maximum absolute atomic E-state index is 13.6. The van der Waals surface area contributed by atoms with Crippen molar-refractivity contribution >= 4 is 27.5 Å². The zero-order valence-electron chi connectivity index (χ0n) is 10.0. The third-order valence-corrected chi connectivity index (χ3v) is 3.34. The molecule has 0 heterocycles. The van der Waals surface area contributed by atoms with E-state index in [2.05, 4.69) is 15.9 Å². The second-order valence-corrected chi connectivity index (χ2v) is 5.37. The van der Waals surface area contributed by atoms with Gasteiger partial charge in [0.25, 0.3) is 0 Å². The Morgan fingerprint density at radius 3 is 2.58 bits per heavy atom. The lowest BCUT2D eigenvalue weighted by molar-refractivity contribution is 0.199. The predicted octanol–water partition coefficient (Wildman–Crippen LogP) is 5.09. The van der Waals surface area contributed by atoms with Crippen molar-refractivity contribution in [1.82, 2.24) is 0 Å². The van der Waals surface area contributed by atoms with Crippen molar-refractivity contribution in [3.8, 4) is 11.5 Å². The summed E-state index contributed by atoms with van der Waals surface area (Å²) < 4.78 is 19.7. The van der Waals surface area contributed by atoms with E-state index in [1.165, 1.54) is 12.1 Å². The largest absolute Gasteiger partial charge is 0.453 e. The summed E-state index contributed by atoms with van der Waals surface area (Å²) in [4.78, 5) is 0. The fourth-order valence-corrected chi connectivity index (χ4v) is 2.10. The number of ether oxygens (including phenoxy) is 1.